The maximum atomic E-state index is 6.27. The summed E-state index contributed by atoms with van der Waals surface area (Å²) in [5.74, 6) is 0.697. The van der Waals surface area contributed by atoms with E-state index >= 15 is 0 Å². The van der Waals surface area contributed by atoms with Gasteiger partial charge in [0.05, 0.1) is 29.8 Å². The van der Waals surface area contributed by atoms with Crippen LogP contribution >= 0.6 is 23.0 Å². The molecule has 236 valence electrons. The number of nitrogens with zero attached hydrogens (tertiary/aromatic N) is 5. The molecular formula is C38H41IN5O2+. The van der Waals surface area contributed by atoms with Crippen molar-refractivity contribution in [3.8, 4) is 11.3 Å². The number of rotatable bonds is 6. The van der Waals surface area contributed by atoms with Crippen molar-refractivity contribution >= 4 is 59.5 Å². The molecule has 5 rings (SSSR count). The van der Waals surface area contributed by atoms with Crippen molar-refractivity contribution in [3.05, 3.63) is 113 Å². The van der Waals surface area contributed by atoms with Crippen LogP contribution in [0.15, 0.2) is 107 Å². The standard InChI is InChI=1S/C38H41IN5O2/c1-7-11-31-22-26(3)29-12-10-15-34-37(24-29)44(27(4)18-21-45-28(5)35(25-40-6)36(8-2)41-31)42-38(34)30-13-9-14-32(23-30)43-19-16-33(46-39)17-20-43/h7-11,13-15,23-25,27,33H,1-3,6,16-22H2,4-5H3/q+1/b31-11?,35-28+,41-36?/t27-/m0/s1. The van der Waals surface area contributed by atoms with E-state index in [1.54, 1.807) is 18.4 Å². The molecule has 0 spiro atoms. The van der Waals surface area contributed by atoms with Crippen LogP contribution in [0.3, 0.4) is 0 Å². The first-order valence-corrected chi connectivity index (χ1v) is 16.5. The molecule has 1 atom stereocenters. The van der Waals surface area contributed by atoms with Gasteiger partial charge in [-0.15, -0.1) is 10.4 Å². The predicted octanol–water partition coefficient (Wildman–Crippen LogP) is 6.28. The van der Waals surface area contributed by atoms with E-state index in [0.717, 1.165) is 76.6 Å². The summed E-state index contributed by atoms with van der Waals surface area (Å²) in [5, 5.41) is 7.34. The monoisotopic (exact) mass is 726 g/mol. The van der Waals surface area contributed by atoms with E-state index in [1.165, 1.54) is 5.69 Å². The van der Waals surface area contributed by atoms with Gasteiger partial charge in [-0.05, 0) is 74.8 Å². The summed E-state index contributed by atoms with van der Waals surface area (Å²) in [7, 11) is 0. The molecule has 0 amide bonds. The second-order valence-corrected chi connectivity index (χ2v) is 12.1. The molecule has 1 aliphatic carbocycles. The smallest absolute Gasteiger partial charge is 0.304 e. The van der Waals surface area contributed by atoms with Crippen LogP contribution in [0.2, 0.25) is 0 Å². The number of hydrogen-bond donors (Lipinski definition) is 0. The summed E-state index contributed by atoms with van der Waals surface area (Å²) < 4.78 is 18.0. The summed E-state index contributed by atoms with van der Waals surface area (Å²) >= 11 is 2.02. The van der Waals surface area contributed by atoms with E-state index in [4.69, 9.17) is 17.9 Å². The van der Waals surface area contributed by atoms with Crippen LogP contribution < -0.4 is 20.1 Å². The fraction of sp³-hybridized carbons (Fsp3) is 0.289. The normalized spacial score (nSPS) is 21.7. The quantitative estimate of drug-likeness (QED) is 0.152. The Hall–Kier alpha value is -4.20. The molecule has 1 aromatic heterocycles. The Morgan fingerprint density at radius 2 is 2.00 bits per heavy atom. The lowest BCUT2D eigenvalue weighted by molar-refractivity contribution is 0.191. The molecular weight excluding hydrogens is 685 g/mol. The number of allylic oxidation sites excluding steroid dienone is 7. The zero-order valence-electron chi connectivity index (χ0n) is 26.7. The zero-order chi connectivity index (χ0) is 32.6. The first kappa shape index (κ1) is 33.2. The number of ether oxygens (including phenoxy) is 1. The van der Waals surface area contributed by atoms with Crippen LogP contribution in [0.1, 0.15) is 45.6 Å². The van der Waals surface area contributed by atoms with Gasteiger partial charge in [0.2, 0.25) is 0 Å². The van der Waals surface area contributed by atoms with Crippen molar-refractivity contribution < 1.29 is 7.80 Å². The number of hydrogen-bond acceptors (Lipinski definition) is 5. The number of benzene rings is 1. The third-order valence-electron chi connectivity index (χ3n) is 8.50. The third kappa shape index (κ3) is 7.43. The highest BCUT2D eigenvalue weighted by Gasteiger charge is 2.22. The van der Waals surface area contributed by atoms with Crippen LogP contribution in [-0.4, -0.2) is 54.2 Å². The maximum Gasteiger partial charge on any atom is 0.304 e. The molecule has 0 unspecified atom stereocenters. The second-order valence-electron chi connectivity index (χ2n) is 11.6. The zero-order valence-corrected chi connectivity index (χ0v) is 28.9. The average Bonchev–Trinajstić information content (AvgIpc) is 3.28. The third-order valence-corrected chi connectivity index (χ3v) is 9.22. The highest BCUT2D eigenvalue weighted by Crippen LogP contribution is 2.27. The summed E-state index contributed by atoms with van der Waals surface area (Å²) in [4.78, 5) is 7.37. The molecule has 46 heavy (non-hydrogen) atoms. The molecule has 0 N–H and O–H groups in total. The molecule has 1 saturated heterocycles. The summed E-state index contributed by atoms with van der Waals surface area (Å²) in [6.45, 7) is 22.6. The number of aromatic nitrogens is 2. The second kappa shape index (κ2) is 15.4. The van der Waals surface area contributed by atoms with E-state index in [9.17, 15) is 0 Å². The SMILES string of the molecule is C=CC=C1CC(=C)C2=C=CC=c3c(-c4cccc(N5CCC(OI)CC5)c4)nn(c3=C2)[C@@H](C)CCO/C(C)=C(\C=[N+]=C)C(C=C)=N1. The van der Waals surface area contributed by atoms with Gasteiger partial charge in [-0.2, -0.15) is 5.10 Å². The van der Waals surface area contributed by atoms with Gasteiger partial charge >= 0.3 is 6.21 Å². The molecule has 8 heteroatoms. The lowest BCUT2D eigenvalue weighted by Crippen LogP contribution is -2.36. The van der Waals surface area contributed by atoms with Crippen molar-refractivity contribution in [3.63, 3.8) is 0 Å². The van der Waals surface area contributed by atoms with Crippen molar-refractivity contribution in [2.24, 2.45) is 4.99 Å². The topological polar surface area (TPSA) is 66.0 Å². The predicted molar refractivity (Wildman–Crippen MR) is 201 cm³/mol. The van der Waals surface area contributed by atoms with Gasteiger partial charge in [-0.3, -0.25) is 9.67 Å². The Balaban J connectivity index is 1.61. The minimum Gasteiger partial charge on any atom is -0.497 e. The molecule has 2 aromatic rings. The Kier molecular flexibility index (Phi) is 11.1. The molecule has 3 aliphatic rings. The van der Waals surface area contributed by atoms with Crippen molar-refractivity contribution in [1.29, 1.82) is 0 Å². The van der Waals surface area contributed by atoms with Crippen LogP contribution in [0, 0.1) is 0 Å². The van der Waals surface area contributed by atoms with Gasteiger partial charge < -0.3 is 12.7 Å². The van der Waals surface area contributed by atoms with Crippen molar-refractivity contribution in [2.75, 3.05) is 24.6 Å². The molecule has 0 saturated carbocycles. The average molecular weight is 727 g/mol. The van der Waals surface area contributed by atoms with Crippen molar-refractivity contribution in [2.45, 2.75) is 51.7 Å². The summed E-state index contributed by atoms with van der Waals surface area (Å²) in [6.07, 6.45) is 16.8. The Morgan fingerprint density at radius 3 is 2.72 bits per heavy atom. The minimum absolute atomic E-state index is 0.0434. The molecule has 0 radical (unpaired) electrons. The van der Waals surface area contributed by atoms with Crippen molar-refractivity contribution in [1.82, 2.24) is 14.4 Å². The lowest BCUT2D eigenvalue weighted by atomic mass is 10.0. The highest BCUT2D eigenvalue weighted by atomic mass is 127. The van der Waals surface area contributed by atoms with E-state index in [1.807, 2.05) is 42.1 Å². The number of anilines is 1. The van der Waals surface area contributed by atoms with Gasteiger partial charge in [-0.1, -0.05) is 37.9 Å². The molecule has 2 aliphatic heterocycles. The van der Waals surface area contributed by atoms with Gasteiger partial charge in [0.15, 0.2) is 0 Å². The van der Waals surface area contributed by atoms with Gasteiger partial charge in [0, 0.05) is 53.7 Å². The Morgan fingerprint density at radius 1 is 1.20 bits per heavy atom. The lowest BCUT2D eigenvalue weighted by Gasteiger charge is -2.32. The van der Waals surface area contributed by atoms with Gasteiger partial charge in [0.25, 0.3) is 6.72 Å². The molecule has 1 fully saturated rings. The fourth-order valence-corrected chi connectivity index (χ4v) is 6.44. The minimum atomic E-state index is 0.0434. The molecule has 1 aromatic carbocycles. The molecule has 3 heterocycles. The Labute approximate surface area is 285 Å². The number of fused-ring (bicyclic) bond motifs is 1. The van der Waals surface area contributed by atoms with Crippen LogP contribution in [0.4, 0.5) is 5.69 Å². The van der Waals surface area contributed by atoms with E-state index in [0.29, 0.717) is 30.6 Å². The van der Waals surface area contributed by atoms with E-state index in [-0.39, 0.29) is 6.04 Å². The number of halogens is 1. The van der Waals surface area contributed by atoms with E-state index in [2.05, 4.69) is 89.8 Å². The first-order valence-electron chi connectivity index (χ1n) is 15.6. The maximum absolute atomic E-state index is 6.27. The fourth-order valence-electron chi connectivity index (χ4n) is 5.94. The summed E-state index contributed by atoms with van der Waals surface area (Å²) in [5.41, 5.74) is 10.6. The molecule has 2 bridgehead atoms. The first-order chi connectivity index (χ1) is 22.4. The van der Waals surface area contributed by atoms with Crippen LogP contribution in [0.25, 0.3) is 23.4 Å². The van der Waals surface area contributed by atoms with E-state index < -0.39 is 0 Å². The van der Waals surface area contributed by atoms with Gasteiger partial charge in [-0.25, -0.2) is 0 Å². The molecule has 7 nitrogen and oxygen atoms in total. The number of piperidine rings is 1. The van der Waals surface area contributed by atoms with Gasteiger partial charge in [0.1, 0.15) is 40.0 Å². The summed E-state index contributed by atoms with van der Waals surface area (Å²) in [6, 6.07) is 8.76. The van der Waals surface area contributed by atoms with Crippen LogP contribution in [0.5, 0.6) is 0 Å². The Bertz CT molecular complexity index is 1870. The highest BCUT2D eigenvalue weighted by molar-refractivity contribution is 14.1. The number of aliphatic imine (C=N–C) groups is 1. The largest absolute Gasteiger partial charge is 0.497 e. The van der Waals surface area contributed by atoms with Crippen LogP contribution in [-0.2, 0) is 7.80 Å².